The zero-order chi connectivity index (χ0) is 18.1. The summed E-state index contributed by atoms with van der Waals surface area (Å²) in [7, 11) is 6.77. The van der Waals surface area contributed by atoms with E-state index in [1.165, 1.54) is 32.1 Å². The van der Waals surface area contributed by atoms with Crippen molar-refractivity contribution in [2.45, 2.75) is 44.6 Å². The Morgan fingerprint density at radius 1 is 1.04 bits per heavy atom. The van der Waals surface area contributed by atoms with E-state index < -0.39 is 0 Å². The molecule has 1 aromatic carbocycles. The van der Waals surface area contributed by atoms with E-state index in [0.29, 0.717) is 6.04 Å². The van der Waals surface area contributed by atoms with E-state index in [-0.39, 0.29) is 24.0 Å². The Hall–Kier alpha value is -1.38. The van der Waals surface area contributed by atoms with Gasteiger partial charge in [-0.25, -0.2) is 0 Å². The van der Waals surface area contributed by atoms with Crippen molar-refractivity contribution in [3.05, 3.63) is 17.7 Å². The Balaban J connectivity index is 0.00000338. The van der Waals surface area contributed by atoms with Gasteiger partial charge in [-0.05, 0) is 19.3 Å². The van der Waals surface area contributed by atoms with Gasteiger partial charge in [-0.1, -0.05) is 19.3 Å². The first-order valence-electron chi connectivity index (χ1n) is 8.97. The Labute approximate surface area is 174 Å². The van der Waals surface area contributed by atoms with Crippen molar-refractivity contribution >= 4 is 29.9 Å². The molecule has 0 aromatic heterocycles. The predicted molar refractivity (Wildman–Crippen MR) is 117 cm³/mol. The minimum Gasteiger partial charge on any atom is -0.496 e. The molecule has 0 spiro atoms. The molecule has 0 amide bonds. The van der Waals surface area contributed by atoms with E-state index in [2.05, 4.69) is 15.6 Å². The van der Waals surface area contributed by atoms with Crippen LogP contribution in [0.2, 0.25) is 0 Å². The first kappa shape index (κ1) is 22.7. The number of guanidine groups is 1. The highest BCUT2D eigenvalue weighted by atomic mass is 127. The van der Waals surface area contributed by atoms with Crippen molar-refractivity contribution in [3.63, 3.8) is 0 Å². The summed E-state index contributed by atoms with van der Waals surface area (Å²) >= 11 is 0. The van der Waals surface area contributed by atoms with Gasteiger partial charge in [0.2, 0.25) is 0 Å². The number of nitrogens with one attached hydrogen (secondary N) is 2. The van der Waals surface area contributed by atoms with Gasteiger partial charge in [0.25, 0.3) is 0 Å². The number of nitrogens with zero attached hydrogens (tertiary/aromatic N) is 1. The summed E-state index contributed by atoms with van der Waals surface area (Å²) in [4.78, 5) is 4.34. The summed E-state index contributed by atoms with van der Waals surface area (Å²) in [6.45, 7) is 0.742. The maximum absolute atomic E-state index is 5.50. The van der Waals surface area contributed by atoms with Crippen molar-refractivity contribution in [1.82, 2.24) is 10.6 Å². The molecule has 0 heterocycles. The smallest absolute Gasteiger partial charge is 0.191 e. The average Bonchev–Trinajstić information content (AvgIpc) is 2.67. The molecule has 1 aliphatic carbocycles. The number of halogens is 1. The molecule has 0 bridgehead atoms. The molecule has 0 atom stereocenters. The second-order valence-corrected chi connectivity index (χ2v) is 6.24. The van der Waals surface area contributed by atoms with Gasteiger partial charge >= 0.3 is 0 Å². The van der Waals surface area contributed by atoms with E-state index in [4.69, 9.17) is 14.2 Å². The molecule has 2 rings (SSSR count). The van der Waals surface area contributed by atoms with E-state index in [1.807, 2.05) is 19.2 Å². The summed E-state index contributed by atoms with van der Waals surface area (Å²) in [6.07, 6.45) is 7.16. The highest BCUT2D eigenvalue weighted by molar-refractivity contribution is 14.0. The Kier molecular flexibility index (Phi) is 10.5. The maximum atomic E-state index is 5.50. The molecule has 6 nitrogen and oxygen atoms in total. The van der Waals surface area contributed by atoms with Crippen LogP contribution in [-0.4, -0.2) is 46.9 Å². The predicted octanol–water partition coefficient (Wildman–Crippen LogP) is 3.37. The van der Waals surface area contributed by atoms with Crippen LogP contribution in [0.4, 0.5) is 0 Å². The molecule has 0 aliphatic heterocycles. The summed E-state index contributed by atoms with van der Waals surface area (Å²) in [5, 5.41) is 6.92. The third-order valence-electron chi connectivity index (χ3n) is 4.65. The van der Waals surface area contributed by atoms with Crippen LogP contribution in [0.3, 0.4) is 0 Å². The molecule has 1 aliphatic rings. The van der Waals surface area contributed by atoms with Gasteiger partial charge in [0, 0.05) is 37.3 Å². The van der Waals surface area contributed by atoms with Gasteiger partial charge in [-0.2, -0.15) is 0 Å². The van der Waals surface area contributed by atoms with Crippen LogP contribution in [0.25, 0.3) is 0 Å². The van der Waals surface area contributed by atoms with Gasteiger partial charge in [0.15, 0.2) is 5.96 Å². The van der Waals surface area contributed by atoms with Gasteiger partial charge in [0.05, 0.1) is 21.3 Å². The fourth-order valence-corrected chi connectivity index (χ4v) is 3.27. The lowest BCUT2D eigenvalue weighted by molar-refractivity contribution is 0.368. The Morgan fingerprint density at radius 2 is 1.65 bits per heavy atom. The van der Waals surface area contributed by atoms with Crippen LogP contribution in [-0.2, 0) is 6.42 Å². The van der Waals surface area contributed by atoms with Crippen LogP contribution in [0.1, 0.15) is 37.7 Å². The average molecular weight is 477 g/mol. The zero-order valence-electron chi connectivity index (χ0n) is 16.3. The normalized spacial score (nSPS) is 15.0. The van der Waals surface area contributed by atoms with E-state index in [1.54, 1.807) is 21.3 Å². The van der Waals surface area contributed by atoms with Crippen LogP contribution in [0.5, 0.6) is 17.2 Å². The third kappa shape index (κ3) is 6.41. The summed E-state index contributed by atoms with van der Waals surface area (Å²) < 4.78 is 16.3. The van der Waals surface area contributed by atoms with E-state index >= 15 is 0 Å². The van der Waals surface area contributed by atoms with Crippen LogP contribution >= 0.6 is 24.0 Å². The van der Waals surface area contributed by atoms with Crippen LogP contribution in [0, 0.1) is 0 Å². The number of methoxy groups -OCH3 is 3. The molecule has 2 N–H and O–H groups in total. The molecule has 148 valence electrons. The van der Waals surface area contributed by atoms with Gasteiger partial charge in [0.1, 0.15) is 17.2 Å². The highest BCUT2D eigenvalue weighted by Crippen LogP contribution is 2.34. The monoisotopic (exact) mass is 477 g/mol. The Morgan fingerprint density at radius 3 is 2.15 bits per heavy atom. The van der Waals surface area contributed by atoms with E-state index in [9.17, 15) is 0 Å². The second kappa shape index (κ2) is 12.1. The summed E-state index contributed by atoms with van der Waals surface area (Å²) in [6, 6.07) is 4.30. The topological polar surface area (TPSA) is 64.1 Å². The minimum atomic E-state index is 0. The standard InChI is InChI=1S/C19H31N3O3.HI/c1-20-19(22-14-8-6-5-7-9-14)21-11-10-16-17(24-3)12-15(23-2)13-18(16)25-4;/h12-14H,5-11H2,1-4H3,(H2,20,21,22);1H. The van der Waals surface area contributed by atoms with Crippen LogP contribution in [0.15, 0.2) is 17.1 Å². The molecular formula is C19H32IN3O3. The van der Waals surface area contributed by atoms with Gasteiger partial charge in [-0.3, -0.25) is 4.99 Å². The minimum absolute atomic E-state index is 0. The lowest BCUT2D eigenvalue weighted by Crippen LogP contribution is -2.44. The van der Waals surface area contributed by atoms with Crippen molar-refractivity contribution in [3.8, 4) is 17.2 Å². The first-order chi connectivity index (χ1) is 12.2. The summed E-state index contributed by atoms with van der Waals surface area (Å²) in [5.74, 6) is 3.12. The maximum Gasteiger partial charge on any atom is 0.191 e. The number of ether oxygens (including phenoxy) is 3. The summed E-state index contributed by atoms with van der Waals surface area (Å²) in [5.41, 5.74) is 1.02. The molecular weight excluding hydrogens is 445 g/mol. The van der Waals surface area contributed by atoms with Crippen molar-refractivity contribution < 1.29 is 14.2 Å². The fourth-order valence-electron chi connectivity index (χ4n) is 3.27. The molecule has 0 unspecified atom stereocenters. The number of hydrogen-bond donors (Lipinski definition) is 2. The highest BCUT2D eigenvalue weighted by Gasteiger charge is 2.16. The van der Waals surface area contributed by atoms with Crippen molar-refractivity contribution in [1.29, 1.82) is 0 Å². The van der Waals surface area contributed by atoms with Crippen molar-refractivity contribution in [2.75, 3.05) is 34.9 Å². The molecule has 7 heteroatoms. The molecule has 0 saturated heterocycles. The SMILES string of the molecule is CN=C(NCCc1c(OC)cc(OC)cc1OC)NC1CCCCC1.I. The molecule has 0 radical (unpaired) electrons. The number of aliphatic imine (C=N–C) groups is 1. The first-order valence-corrected chi connectivity index (χ1v) is 8.97. The van der Waals surface area contributed by atoms with Gasteiger partial charge < -0.3 is 24.8 Å². The molecule has 1 saturated carbocycles. The number of hydrogen-bond acceptors (Lipinski definition) is 4. The zero-order valence-corrected chi connectivity index (χ0v) is 18.6. The van der Waals surface area contributed by atoms with Gasteiger partial charge in [-0.15, -0.1) is 24.0 Å². The quantitative estimate of drug-likeness (QED) is 0.358. The number of rotatable bonds is 7. The lowest BCUT2D eigenvalue weighted by atomic mass is 9.96. The Bertz CT molecular complexity index is 550. The third-order valence-corrected chi connectivity index (χ3v) is 4.65. The lowest BCUT2D eigenvalue weighted by Gasteiger charge is -2.25. The fraction of sp³-hybridized carbons (Fsp3) is 0.632. The largest absolute Gasteiger partial charge is 0.496 e. The molecule has 1 aromatic rings. The second-order valence-electron chi connectivity index (χ2n) is 6.24. The molecule has 1 fully saturated rings. The van der Waals surface area contributed by atoms with Crippen LogP contribution < -0.4 is 24.8 Å². The van der Waals surface area contributed by atoms with Crippen molar-refractivity contribution in [2.24, 2.45) is 4.99 Å². The number of benzene rings is 1. The van der Waals surface area contributed by atoms with E-state index in [0.717, 1.165) is 41.7 Å². The molecule has 26 heavy (non-hydrogen) atoms.